The van der Waals surface area contributed by atoms with E-state index in [0.29, 0.717) is 12.0 Å². The molecule has 1 saturated carbocycles. The molecule has 1 nitrogen and oxygen atoms in total. The predicted octanol–water partition coefficient (Wildman–Crippen LogP) is 4.88. The van der Waals surface area contributed by atoms with Crippen molar-refractivity contribution in [3.63, 3.8) is 0 Å². The Balaban J connectivity index is 1.42. The van der Waals surface area contributed by atoms with Gasteiger partial charge < -0.3 is 4.74 Å². The first-order valence-corrected chi connectivity index (χ1v) is 8.33. The van der Waals surface area contributed by atoms with E-state index in [4.69, 9.17) is 4.74 Å². The third-order valence-corrected chi connectivity index (χ3v) is 5.02. The number of hydrogen-bond acceptors (Lipinski definition) is 1. The van der Waals surface area contributed by atoms with Gasteiger partial charge in [0.1, 0.15) is 0 Å². The Morgan fingerprint density at radius 1 is 0.864 bits per heavy atom. The summed E-state index contributed by atoms with van der Waals surface area (Å²) in [6.07, 6.45) is 8.71. The Labute approximate surface area is 132 Å². The molecule has 2 aromatic carbocycles. The monoisotopic (exact) mass is 290 g/mol. The first-order valence-electron chi connectivity index (χ1n) is 8.33. The van der Waals surface area contributed by atoms with Gasteiger partial charge in [0, 0.05) is 5.92 Å². The summed E-state index contributed by atoms with van der Waals surface area (Å²) >= 11 is 0. The molecule has 2 aromatic rings. The van der Waals surface area contributed by atoms with Crippen molar-refractivity contribution in [2.24, 2.45) is 11.8 Å². The van der Waals surface area contributed by atoms with Crippen LogP contribution in [0.1, 0.15) is 18.4 Å². The molecule has 4 rings (SSSR count). The molecule has 112 valence electrons. The normalized spacial score (nSPS) is 25.7. The van der Waals surface area contributed by atoms with Crippen LogP contribution in [-0.4, -0.2) is 12.7 Å². The highest BCUT2D eigenvalue weighted by Crippen LogP contribution is 2.40. The summed E-state index contributed by atoms with van der Waals surface area (Å²) in [6.45, 7) is 0.825. The minimum absolute atomic E-state index is 0.457. The van der Waals surface area contributed by atoms with Crippen LogP contribution in [0.15, 0.2) is 66.7 Å². The number of rotatable bonds is 5. The SMILES string of the molecule is C1=CC2CC1CC2OCCc1ccccc1-c1ccccc1. The van der Waals surface area contributed by atoms with Crippen molar-refractivity contribution in [3.05, 3.63) is 72.3 Å². The van der Waals surface area contributed by atoms with Crippen molar-refractivity contribution in [3.8, 4) is 11.1 Å². The minimum Gasteiger partial charge on any atom is -0.377 e. The molecule has 3 atom stereocenters. The maximum atomic E-state index is 6.18. The van der Waals surface area contributed by atoms with E-state index >= 15 is 0 Å². The summed E-state index contributed by atoms with van der Waals surface area (Å²) in [5.41, 5.74) is 4.01. The highest BCUT2D eigenvalue weighted by molar-refractivity contribution is 5.67. The molecule has 0 heterocycles. The van der Waals surface area contributed by atoms with Crippen molar-refractivity contribution in [2.45, 2.75) is 25.4 Å². The molecule has 2 bridgehead atoms. The fourth-order valence-electron chi connectivity index (χ4n) is 3.88. The smallest absolute Gasteiger partial charge is 0.0643 e. The largest absolute Gasteiger partial charge is 0.377 e. The molecule has 2 aliphatic carbocycles. The molecular formula is C21H22O. The minimum atomic E-state index is 0.457. The van der Waals surface area contributed by atoms with Crippen LogP contribution in [0.2, 0.25) is 0 Å². The Bertz CT molecular complexity index is 659. The van der Waals surface area contributed by atoms with E-state index < -0.39 is 0 Å². The Morgan fingerprint density at radius 3 is 2.45 bits per heavy atom. The highest BCUT2D eigenvalue weighted by Gasteiger charge is 2.36. The van der Waals surface area contributed by atoms with E-state index in [0.717, 1.165) is 18.9 Å². The van der Waals surface area contributed by atoms with E-state index in [1.807, 2.05) is 0 Å². The fourth-order valence-corrected chi connectivity index (χ4v) is 3.88. The van der Waals surface area contributed by atoms with Gasteiger partial charge in [0.05, 0.1) is 12.7 Å². The molecule has 1 heteroatoms. The van der Waals surface area contributed by atoms with E-state index in [2.05, 4.69) is 66.7 Å². The molecule has 22 heavy (non-hydrogen) atoms. The van der Waals surface area contributed by atoms with Gasteiger partial charge in [-0.2, -0.15) is 0 Å². The zero-order valence-electron chi connectivity index (χ0n) is 12.8. The second kappa shape index (κ2) is 6.10. The van der Waals surface area contributed by atoms with Gasteiger partial charge in [-0.15, -0.1) is 0 Å². The summed E-state index contributed by atoms with van der Waals surface area (Å²) in [4.78, 5) is 0. The number of benzene rings is 2. The molecule has 1 fully saturated rings. The second-order valence-electron chi connectivity index (χ2n) is 6.46. The van der Waals surface area contributed by atoms with Crippen LogP contribution >= 0.6 is 0 Å². The molecule has 0 aliphatic heterocycles. The molecule has 0 saturated heterocycles. The molecule has 0 radical (unpaired) electrons. The van der Waals surface area contributed by atoms with Crippen LogP contribution in [0.5, 0.6) is 0 Å². The van der Waals surface area contributed by atoms with Gasteiger partial charge in [0.2, 0.25) is 0 Å². The topological polar surface area (TPSA) is 9.23 Å². The van der Waals surface area contributed by atoms with Crippen LogP contribution in [0.4, 0.5) is 0 Å². The average molecular weight is 290 g/mol. The van der Waals surface area contributed by atoms with Crippen molar-refractivity contribution in [2.75, 3.05) is 6.61 Å². The standard InChI is InChI=1S/C21H22O/c1-2-6-17(7-3-1)20-9-5-4-8-18(20)12-13-22-21-15-16-10-11-19(21)14-16/h1-11,16,19,21H,12-15H2. The lowest BCUT2D eigenvalue weighted by molar-refractivity contribution is 0.0387. The van der Waals surface area contributed by atoms with Gasteiger partial charge in [-0.3, -0.25) is 0 Å². The third kappa shape index (κ3) is 2.74. The first kappa shape index (κ1) is 13.8. The van der Waals surface area contributed by atoms with E-state index in [9.17, 15) is 0 Å². The number of hydrogen-bond donors (Lipinski definition) is 0. The lowest BCUT2D eigenvalue weighted by Crippen LogP contribution is -2.19. The summed E-state index contributed by atoms with van der Waals surface area (Å²) in [6, 6.07) is 19.3. The second-order valence-corrected chi connectivity index (χ2v) is 6.46. The van der Waals surface area contributed by atoms with E-state index in [1.165, 1.54) is 29.5 Å². The summed E-state index contributed by atoms with van der Waals surface area (Å²) < 4.78 is 6.18. The Morgan fingerprint density at radius 2 is 1.68 bits per heavy atom. The van der Waals surface area contributed by atoms with Crippen molar-refractivity contribution >= 4 is 0 Å². The van der Waals surface area contributed by atoms with Crippen molar-refractivity contribution in [1.82, 2.24) is 0 Å². The summed E-state index contributed by atoms with van der Waals surface area (Å²) in [5.74, 6) is 1.46. The molecule has 0 N–H and O–H groups in total. The van der Waals surface area contributed by atoms with Gasteiger partial charge in [0.25, 0.3) is 0 Å². The van der Waals surface area contributed by atoms with E-state index in [1.54, 1.807) is 0 Å². The zero-order chi connectivity index (χ0) is 14.8. The van der Waals surface area contributed by atoms with E-state index in [-0.39, 0.29) is 0 Å². The number of ether oxygens (including phenoxy) is 1. The summed E-state index contributed by atoms with van der Waals surface area (Å²) in [7, 11) is 0. The molecule has 3 unspecified atom stereocenters. The van der Waals surface area contributed by atoms with Crippen LogP contribution in [-0.2, 0) is 11.2 Å². The molecule has 0 amide bonds. The average Bonchev–Trinajstić information content (AvgIpc) is 3.19. The van der Waals surface area contributed by atoms with Crippen LogP contribution < -0.4 is 0 Å². The first-order chi connectivity index (χ1) is 10.9. The van der Waals surface area contributed by atoms with Crippen LogP contribution in [0.3, 0.4) is 0 Å². The quantitative estimate of drug-likeness (QED) is 0.713. The zero-order valence-corrected chi connectivity index (χ0v) is 12.8. The fraction of sp³-hybridized carbons (Fsp3) is 0.333. The third-order valence-electron chi connectivity index (χ3n) is 5.02. The molecule has 0 aromatic heterocycles. The summed E-state index contributed by atoms with van der Waals surface area (Å²) in [5, 5.41) is 0. The lowest BCUT2D eigenvalue weighted by Gasteiger charge is -2.19. The van der Waals surface area contributed by atoms with Gasteiger partial charge in [-0.05, 0) is 41.9 Å². The lowest BCUT2D eigenvalue weighted by atomic mass is 9.98. The maximum Gasteiger partial charge on any atom is 0.0643 e. The Hall–Kier alpha value is -1.86. The Kier molecular flexibility index (Phi) is 3.82. The van der Waals surface area contributed by atoms with Crippen LogP contribution in [0.25, 0.3) is 11.1 Å². The predicted molar refractivity (Wildman–Crippen MR) is 90.7 cm³/mol. The number of fused-ring (bicyclic) bond motifs is 2. The molecular weight excluding hydrogens is 268 g/mol. The van der Waals surface area contributed by atoms with Gasteiger partial charge in [-0.25, -0.2) is 0 Å². The maximum absolute atomic E-state index is 6.18. The van der Waals surface area contributed by atoms with Crippen molar-refractivity contribution in [1.29, 1.82) is 0 Å². The van der Waals surface area contributed by atoms with Gasteiger partial charge >= 0.3 is 0 Å². The van der Waals surface area contributed by atoms with Gasteiger partial charge in [-0.1, -0.05) is 66.7 Å². The molecule has 2 aliphatic rings. The van der Waals surface area contributed by atoms with Crippen LogP contribution in [0, 0.1) is 11.8 Å². The van der Waals surface area contributed by atoms with Gasteiger partial charge in [0.15, 0.2) is 0 Å². The highest BCUT2D eigenvalue weighted by atomic mass is 16.5. The van der Waals surface area contributed by atoms with Crippen molar-refractivity contribution < 1.29 is 4.74 Å². The molecule has 0 spiro atoms. The number of allylic oxidation sites excluding steroid dienone is 1.